The summed E-state index contributed by atoms with van der Waals surface area (Å²) in [5.41, 5.74) is 10.9. The zero-order valence-corrected chi connectivity index (χ0v) is 22.6. The van der Waals surface area contributed by atoms with Crippen LogP contribution >= 0.6 is 0 Å². The Hall–Kier alpha value is -5.70. The number of hydrogen-bond acceptors (Lipinski definition) is 2. The van der Waals surface area contributed by atoms with Gasteiger partial charge in [-0.3, -0.25) is 0 Å². The summed E-state index contributed by atoms with van der Waals surface area (Å²) in [6, 6.07) is 47.9. The van der Waals surface area contributed by atoms with Crippen molar-refractivity contribution in [3.05, 3.63) is 166 Å². The third-order valence-electron chi connectivity index (χ3n) is 9.48. The molecule has 0 saturated carbocycles. The largest absolute Gasteiger partial charge is 0.192 e. The van der Waals surface area contributed by atoms with Crippen molar-refractivity contribution in [2.45, 2.75) is 11.8 Å². The summed E-state index contributed by atoms with van der Waals surface area (Å²) in [5, 5.41) is 27.5. The Morgan fingerprint density at radius 3 is 1.60 bits per heavy atom. The van der Waals surface area contributed by atoms with E-state index in [-0.39, 0.29) is 11.8 Å². The zero-order valence-electron chi connectivity index (χ0n) is 22.6. The highest BCUT2D eigenvalue weighted by Crippen LogP contribution is 2.57. The number of benzene rings is 7. The molecule has 3 aliphatic carbocycles. The molecule has 7 aromatic rings. The Kier molecular flexibility index (Phi) is 4.61. The maximum atomic E-state index is 10.6. The first-order chi connectivity index (χ1) is 20.8. The lowest BCUT2D eigenvalue weighted by Crippen LogP contribution is -2.27. The van der Waals surface area contributed by atoms with E-state index >= 15 is 0 Å². The van der Waals surface area contributed by atoms with Gasteiger partial charge >= 0.3 is 0 Å². The summed E-state index contributed by atoms with van der Waals surface area (Å²) in [6.07, 6.45) is 0. The molecular formula is C40H22N2. The average Bonchev–Trinajstić information content (AvgIpc) is 3.07. The highest BCUT2D eigenvalue weighted by Gasteiger charge is 2.42. The van der Waals surface area contributed by atoms with Gasteiger partial charge < -0.3 is 0 Å². The van der Waals surface area contributed by atoms with Crippen LogP contribution in [0, 0.1) is 22.7 Å². The number of rotatable bonds is 1. The van der Waals surface area contributed by atoms with E-state index in [0.717, 1.165) is 11.1 Å². The maximum absolute atomic E-state index is 10.6. The van der Waals surface area contributed by atoms with Gasteiger partial charge in [0, 0.05) is 17.4 Å². The van der Waals surface area contributed by atoms with Gasteiger partial charge in [-0.2, -0.15) is 10.5 Å². The molecule has 2 heteroatoms. The quantitative estimate of drug-likeness (QED) is 0.198. The summed E-state index contributed by atoms with van der Waals surface area (Å²) < 4.78 is 0. The molecule has 3 aliphatic rings. The van der Waals surface area contributed by atoms with E-state index < -0.39 is 0 Å². The van der Waals surface area contributed by atoms with Crippen LogP contribution in [0.2, 0.25) is 0 Å². The third kappa shape index (κ3) is 2.91. The predicted octanol–water partition coefficient (Wildman–Crippen LogP) is 9.54. The molecule has 7 aromatic carbocycles. The summed E-state index contributed by atoms with van der Waals surface area (Å²) >= 11 is 0. The second-order valence-electron chi connectivity index (χ2n) is 11.4. The normalized spacial score (nSPS) is 16.0. The first kappa shape index (κ1) is 23.0. The molecule has 0 saturated heterocycles. The average molecular weight is 531 g/mol. The molecule has 0 heterocycles. The van der Waals surface area contributed by atoms with E-state index in [2.05, 4.69) is 121 Å². The van der Waals surface area contributed by atoms with Gasteiger partial charge in [0.2, 0.25) is 0 Å². The van der Waals surface area contributed by atoms with Crippen LogP contribution in [0.1, 0.15) is 56.3 Å². The van der Waals surface area contributed by atoms with Crippen LogP contribution in [-0.4, -0.2) is 0 Å². The molecule has 0 radical (unpaired) electrons. The summed E-state index contributed by atoms with van der Waals surface area (Å²) in [7, 11) is 0. The Bertz CT molecular complexity index is 2350. The minimum atomic E-state index is 0.00272. The molecule has 0 aromatic heterocycles. The number of fused-ring (bicyclic) bond motifs is 6. The van der Waals surface area contributed by atoms with Crippen molar-refractivity contribution in [1.82, 2.24) is 0 Å². The topological polar surface area (TPSA) is 47.6 Å². The van der Waals surface area contributed by atoms with Crippen molar-refractivity contribution in [3.63, 3.8) is 0 Å². The van der Waals surface area contributed by atoms with Crippen molar-refractivity contribution >= 4 is 32.3 Å². The molecule has 2 unspecified atom stereocenters. The van der Waals surface area contributed by atoms with E-state index in [1.165, 1.54) is 65.7 Å². The van der Waals surface area contributed by atoms with E-state index in [9.17, 15) is 10.5 Å². The first-order valence-electron chi connectivity index (χ1n) is 14.3. The van der Waals surface area contributed by atoms with Crippen molar-refractivity contribution < 1.29 is 0 Å². The molecular weight excluding hydrogens is 508 g/mol. The number of hydrogen-bond donors (Lipinski definition) is 0. The Morgan fingerprint density at radius 2 is 0.929 bits per heavy atom. The van der Waals surface area contributed by atoms with Gasteiger partial charge in [-0.15, -0.1) is 0 Å². The van der Waals surface area contributed by atoms with Gasteiger partial charge in [0.25, 0.3) is 0 Å². The van der Waals surface area contributed by atoms with Crippen LogP contribution in [0.3, 0.4) is 0 Å². The van der Waals surface area contributed by atoms with E-state index in [4.69, 9.17) is 0 Å². The Morgan fingerprint density at radius 1 is 0.405 bits per heavy atom. The summed E-state index contributed by atoms with van der Waals surface area (Å²) in [5.74, 6) is 0.0610. The smallest absolute Gasteiger partial charge is 0.0998 e. The van der Waals surface area contributed by atoms with Gasteiger partial charge in [0.05, 0.1) is 23.3 Å². The molecule has 0 aliphatic heterocycles. The van der Waals surface area contributed by atoms with Crippen LogP contribution < -0.4 is 0 Å². The fraction of sp³-hybridized carbons (Fsp3) is 0.0500. The van der Waals surface area contributed by atoms with Gasteiger partial charge in [0.1, 0.15) is 0 Å². The Balaban J connectivity index is 1.38. The van der Waals surface area contributed by atoms with Crippen molar-refractivity contribution in [1.29, 1.82) is 10.5 Å². The molecule has 0 amide bonds. The van der Waals surface area contributed by atoms with Gasteiger partial charge in [-0.25, -0.2) is 0 Å². The first-order valence-corrected chi connectivity index (χ1v) is 14.3. The maximum Gasteiger partial charge on any atom is 0.0998 e. The monoisotopic (exact) mass is 530 g/mol. The lowest BCUT2D eigenvalue weighted by molar-refractivity contribution is 0.754. The van der Waals surface area contributed by atoms with Crippen molar-refractivity contribution in [3.8, 4) is 23.3 Å². The molecule has 2 atom stereocenters. The van der Waals surface area contributed by atoms with Gasteiger partial charge in [0.15, 0.2) is 0 Å². The fourth-order valence-corrected chi connectivity index (χ4v) is 7.83. The molecule has 0 spiro atoms. The van der Waals surface area contributed by atoms with E-state index in [1.807, 2.05) is 12.1 Å². The molecule has 2 bridgehead atoms. The highest BCUT2D eigenvalue weighted by molar-refractivity contribution is 6.28. The molecule has 192 valence electrons. The van der Waals surface area contributed by atoms with Gasteiger partial charge in [-0.1, -0.05) is 97.1 Å². The van der Waals surface area contributed by atoms with Crippen molar-refractivity contribution in [2.75, 3.05) is 0 Å². The Labute approximate surface area is 243 Å². The predicted molar refractivity (Wildman–Crippen MR) is 169 cm³/mol. The number of nitriles is 2. The van der Waals surface area contributed by atoms with Crippen LogP contribution in [-0.2, 0) is 0 Å². The molecule has 0 fully saturated rings. The minimum Gasteiger partial charge on any atom is -0.192 e. The van der Waals surface area contributed by atoms with Crippen LogP contribution in [0.5, 0.6) is 0 Å². The van der Waals surface area contributed by atoms with Crippen LogP contribution in [0.15, 0.2) is 121 Å². The highest BCUT2D eigenvalue weighted by atomic mass is 14.4. The van der Waals surface area contributed by atoms with Crippen LogP contribution in [0.25, 0.3) is 43.4 Å². The molecule has 0 N–H and O–H groups in total. The second-order valence-corrected chi connectivity index (χ2v) is 11.4. The number of nitrogens with zero attached hydrogens (tertiary/aromatic N) is 2. The SMILES string of the molecule is N#Cc1ccc2c(c1)C1c3ccccc3C2c2cc(-c3cccc4c5ccccc5c5ccccc5c34)c(C#N)cc21. The van der Waals surface area contributed by atoms with E-state index in [1.54, 1.807) is 0 Å². The summed E-state index contributed by atoms with van der Waals surface area (Å²) in [4.78, 5) is 0. The lowest BCUT2D eigenvalue weighted by atomic mass is 9.60. The van der Waals surface area contributed by atoms with Crippen molar-refractivity contribution in [2.24, 2.45) is 0 Å². The second kappa shape index (κ2) is 8.40. The molecule has 10 rings (SSSR count). The fourth-order valence-electron chi connectivity index (χ4n) is 7.83. The standard InChI is InChI=1S/C40H22N2/c41-21-23-16-17-33-35(18-23)40-31-13-6-5-12-30(31)39(33)37-20-34(24(22-42)19-36(37)40)32-15-7-14-29-27-9-2-1-8-25(27)26-10-3-4-11-28(26)38(29)32/h1-20,39-40H. The third-order valence-corrected chi connectivity index (χ3v) is 9.48. The zero-order chi connectivity index (χ0) is 27.9. The minimum absolute atomic E-state index is 0.00272. The van der Waals surface area contributed by atoms with E-state index in [0.29, 0.717) is 11.1 Å². The summed E-state index contributed by atoms with van der Waals surface area (Å²) in [6.45, 7) is 0. The van der Waals surface area contributed by atoms with Crippen LogP contribution in [0.4, 0.5) is 0 Å². The van der Waals surface area contributed by atoms with Gasteiger partial charge in [-0.05, 0) is 95.5 Å². The molecule has 42 heavy (non-hydrogen) atoms. The molecule has 2 nitrogen and oxygen atoms in total. The lowest BCUT2D eigenvalue weighted by Gasteiger charge is -2.42.